The van der Waals surface area contributed by atoms with Crippen molar-refractivity contribution in [3.05, 3.63) is 47.4 Å². The van der Waals surface area contributed by atoms with Gasteiger partial charge >= 0.3 is 0 Å². The number of aromatic nitrogens is 2. The number of hydrogen-bond donors (Lipinski definition) is 1. The van der Waals surface area contributed by atoms with Gasteiger partial charge in [-0.15, -0.1) is 11.3 Å². The first-order valence-electron chi connectivity index (χ1n) is 7.74. The van der Waals surface area contributed by atoms with Crippen molar-refractivity contribution in [3.8, 4) is 16.5 Å². The van der Waals surface area contributed by atoms with E-state index in [0.29, 0.717) is 36.2 Å². The van der Waals surface area contributed by atoms with Gasteiger partial charge in [0.25, 0.3) is 0 Å². The molecule has 0 atom stereocenters. The first-order chi connectivity index (χ1) is 12.2. The SMILES string of the molecule is CCOc1cc(F)ccc1NC(=O)CCc1nc(-c2cccs2)no1. The molecule has 3 aromatic rings. The molecule has 0 saturated carbocycles. The lowest BCUT2D eigenvalue weighted by Crippen LogP contribution is -2.13. The standard InChI is InChI=1S/C17H16FN3O3S/c1-2-23-13-10-11(18)5-6-12(13)19-15(22)7-8-16-20-17(21-24-16)14-4-3-9-25-14/h3-6,9-10H,2,7-8H2,1H3,(H,19,22). The molecule has 1 aromatic carbocycles. The number of ether oxygens (including phenoxy) is 1. The highest BCUT2D eigenvalue weighted by Crippen LogP contribution is 2.26. The highest BCUT2D eigenvalue weighted by molar-refractivity contribution is 7.13. The zero-order valence-corrected chi connectivity index (χ0v) is 14.3. The second kappa shape index (κ2) is 7.89. The van der Waals surface area contributed by atoms with Crippen LogP contribution in [0.1, 0.15) is 19.2 Å². The van der Waals surface area contributed by atoms with Gasteiger partial charge in [0.05, 0.1) is 17.2 Å². The minimum Gasteiger partial charge on any atom is -0.492 e. The van der Waals surface area contributed by atoms with E-state index < -0.39 is 5.82 Å². The average molecular weight is 361 g/mol. The van der Waals surface area contributed by atoms with Crippen molar-refractivity contribution < 1.29 is 18.4 Å². The van der Waals surface area contributed by atoms with Crippen LogP contribution in [0.5, 0.6) is 5.75 Å². The maximum absolute atomic E-state index is 13.3. The Hall–Kier alpha value is -2.74. The molecule has 0 aliphatic rings. The highest BCUT2D eigenvalue weighted by atomic mass is 32.1. The van der Waals surface area contributed by atoms with E-state index in [2.05, 4.69) is 15.5 Å². The van der Waals surface area contributed by atoms with Crippen LogP contribution in [-0.2, 0) is 11.2 Å². The molecule has 0 saturated heterocycles. The molecule has 0 spiro atoms. The van der Waals surface area contributed by atoms with E-state index in [1.54, 1.807) is 6.92 Å². The smallest absolute Gasteiger partial charge is 0.227 e. The van der Waals surface area contributed by atoms with E-state index in [1.807, 2.05) is 17.5 Å². The molecular weight excluding hydrogens is 345 g/mol. The van der Waals surface area contributed by atoms with Crippen molar-refractivity contribution in [3.63, 3.8) is 0 Å². The lowest BCUT2D eigenvalue weighted by atomic mass is 10.2. The topological polar surface area (TPSA) is 77.2 Å². The fourth-order valence-electron chi connectivity index (χ4n) is 2.17. The molecule has 0 unspecified atom stereocenters. The molecular formula is C17H16FN3O3S. The predicted octanol–water partition coefficient (Wildman–Crippen LogP) is 3.91. The van der Waals surface area contributed by atoms with Crippen molar-refractivity contribution in [1.82, 2.24) is 10.1 Å². The number of benzene rings is 1. The fraction of sp³-hybridized carbons (Fsp3) is 0.235. The summed E-state index contributed by atoms with van der Waals surface area (Å²) in [5.74, 6) is 0.538. The van der Waals surface area contributed by atoms with Gasteiger partial charge < -0.3 is 14.6 Å². The third-order valence-corrected chi connectivity index (χ3v) is 4.16. The van der Waals surface area contributed by atoms with E-state index in [1.165, 1.54) is 29.5 Å². The summed E-state index contributed by atoms with van der Waals surface area (Å²) in [5, 5.41) is 8.54. The molecule has 2 aromatic heterocycles. The van der Waals surface area contributed by atoms with Crippen LogP contribution in [0, 0.1) is 5.82 Å². The number of nitrogens with zero attached hydrogens (tertiary/aromatic N) is 2. The molecule has 1 amide bonds. The number of carbonyl (C=O) groups is 1. The lowest BCUT2D eigenvalue weighted by molar-refractivity contribution is -0.116. The summed E-state index contributed by atoms with van der Waals surface area (Å²) in [6.07, 6.45) is 0.477. The molecule has 2 heterocycles. The maximum Gasteiger partial charge on any atom is 0.227 e. The Kier molecular flexibility index (Phi) is 5.39. The molecule has 1 N–H and O–H groups in total. The van der Waals surface area contributed by atoms with E-state index in [-0.39, 0.29) is 12.3 Å². The number of rotatable bonds is 7. The summed E-state index contributed by atoms with van der Waals surface area (Å²) in [5.41, 5.74) is 0.429. The van der Waals surface area contributed by atoms with Gasteiger partial charge in [0.15, 0.2) is 0 Å². The maximum atomic E-state index is 13.3. The molecule has 6 nitrogen and oxygen atoms in total. The highest BCUT2D eigenvalue weighted by Gasteiger charge is 2.13. The Labute approximate surface area is 147 Å². The summed E-state index contributed by atoms with van der Waals surface area (Å²) >= 11 is 1.51. The number of amides is 1. The number of anilines is 1. The van der Waals surface area contributed by atoms with E-state index >= 15 is 0 Å². The number of carbonyl (C=O) groups excluding carboxylic acids is 1. The zero-order chi connectivity index (χ0) is 17.6. The van der Waals surface area contributed by atoms with Crippen LogP contribution in [0.3, 0.4) is 0 Å². The van der Waals surface area contributed by atoms with Crippen molar-refractivity contribution in [1.29, 1.82) is 0 Å². The Bertz CT molecular complexity index is 849. The minimum absolute atomic E-state index is 0.162. The van der Waals surface area contributed by atoms with Gasteiger partial charge in [-0.3, -0.25) is 4.79 Å². The number of halogens is 1. The lowest BCUT2D eigenvalue weighted by Gasteiger charge is -2.11. The molecule has 0 fully saturated rings. The van der Waals surface area contributed by atoms with Crippen LogP contribution >= 0.6 is 11.3 Å². The van der Waals surface area contributed by atoms with Gasteiger partial charge in [-0.05, 0) is 30.5 Å². The van der Waals surface area contributed by atoms with Crippen LogP contribution in [0.25, 0.3) is 10.7 Å². The van der Waals surface area contributed by atoms with Crippen molar-refractivity contribution in [2.24, 2.45) is 0 Å². The molecule has 0 bridgehead atoms. The van der Waals surface area contributed by atoms with Gasteiger partial charge in [0.1, 0.15) is 11.6 Å². The van der Waals surface area contributed by atoms with Gasteiger partial charge in [-0.2, -0.15) is 4.98 Å². The quantitative estimate of drug-likeness (QED) is 0.690. The second-order valence-electron chi connectivity index (χ2n) is 5.11. The Morgan fingerprint density at radius 3 is 3.04 bits per heavy atom. The van der Waals surface area contributed by atoms with Gasteiger partial charge in [-0.1, -0.05) is 11.2 Å². The molecule has 0 aliphatic carbocycles. The normalized spacial score (nSPS) is 10.6. The number of nitrogens with one attached hydrogen (secondary N) is 1. The minimum atomic E-state index is -0.423. The zero-order valence-electron chi connectivity index (χ0n) is 13.5. The molecule has 0 aliphatic heterocycles. The molecule has 8 heteroatoms. The third-order valence-electron chi connectivity index (χ3n) is 3.29. The molecule has 0 radical (unpaired) electrons. The van der Waals surface area contributed by atoms with Crippen LogP contribution in [0.15, 0.2) is 40.2 Å². The van der Waals surface area contributed by atoms with Crippen LogP contribution in [0.4, 0.5) is 10.1 Å². The van der Waals surface area contributed by atoms with Gasteiger partial charge in [0, 0.05) is 18.9 Å². The summed E-state index contributed by atoms with van der Waals surface area (Å²) in [7, 11) is 0. The van der Waals surface area contributed by atoms with Crippen LogP contribution < -0.4 is 10.1 Å². The summed E-state index contributed by atoms with van der Waals surface area (Å²) < 4.78 is 23.8. The largest absolute Gasteiger partial charge is 0.492 e. The first-order valence-corrected chi connectivity index (χ1v) is 8.62. The van der Waals surface area contributed by atoms with Crippen molar-refractivity contribution in [2.75, 3.05) is 11.9 Å². The summed E-state index contributed by atoms with van der Waals surface area (Å²) in [6, 6.07) is 7.78. The molecule has 130 valence electrons. The first kappa shape index (κ1) is 17.1. The number of thiophene rings is 1. The van der Waals surface area contributed by atoms with Crippen molar-refractivity contribution in [2.45, 2.75) is 19.8 Å². The summed E-state index contributed by atoms with van der Waals surface area (Å²) in [6.45, 7) is 2.16. The average Bonchev–Trinajstić information content (AvgIpc) is 3.27. The Morgan fingerprint density at radius 2 is 2.28 bits per heavy atom. The Morgan fingerprint density at radius 1 is 1.40 bits per heavy atom. The fourth-order valence-corrected chi connectivity index (χ4v) is 2.82. The van der Waals surface area contributed by atoms with Crippen LogP contribution in [-0.4, -0.2) is 22.7 Å². The number of hydrogen-bond acceptors (Lipinski definition) is 6. The Balaban J connectivity index is 1.58. The molecule has 25 heavy (non-hydrogen) atoms. The third kappa shape index (κ3) is 4.42. The van der Waals surface area contributed by atoms with E-state index in [9.17, 15) is 9.18 Å². The van der Waals surface area contributed by atoms with E-state index in [4.69, 9.17) is 9.26 Å². The molecule has 3 rings (SSSR count). The van der Waals surface area contributed by atoms with E-state index in [0.717, 1.165) is 4.88 Å². The summed E-state index contributed by atoms with van der Waals surface area (Å²) in [4.78, 5) is 17.3. The van der Waals surface area contributed by atoms with Gasteiger partial charge in [-0.25, -0.2) is 4.39 Å². The van der Waals surface area contributed by atoms with Gasteiger partial charge in [0.2, 0.25) is 17.6 Å². The predicted molar refractivity (Wildman–Crippen MR) is 92.1 cm³/mol. The second-order valence-corrected chi connectivity index (χ2v) is 6.06. The van der Waals surface area contributed by atoms with Crippen LogP contribution in [0.2, 0.25) is 0 Å². The monoisotopic (exact) mass is 361 g/mol. The number of aryl methyl sites for hydroxylation is 1. The van der Waals surface area contributed by atoms with Crippen molar-refractivity contribution >= 4 is 22.9 Å².